The average molecular weight is 450 g/mol. The summed E-state index contributed by atoms with van der Waals surface area (Å²) in [6, 6.07) is 7.90. The van der Waals surface area contributed by atoms with Gasteiger partial charge in [0.15, 0.2) is 0 Å². The molecule has 3 rings (SSSR count). The molecule has 0 bridgehead atoms. The molecule has 2 N–H and O–H groups in total. The van der Waals surface area contributed by atoms with Gasteiger partial charge in [0.2, 0.25) is 0 Å². The molecule has 2 aliphatic rings. The highest BCUT2D eigenvalue weighted by Gasteiger charge is 2.39. The van der Waals surface area contributed by atoms with Gasteiger partial charge in [-0.15, -0.1) is 24.8 Å². The Bertz CT molecular complexity index is 609. The lowest BCUT2D eigenvalue weighted by Gasteiger charge is -2.34. The normalized spacial score (nSPS) is 18.8. The topological polar surface area (TPSA) is 72.1 Å². The second-order valence-corrected chi connectivity index (χ2v) is 7.08. The quantitative estimate of drug-likeness (QED) is 0.628. The Hall–Kier alpha value is -1.09. The fourth-order valence-electron chi connectivity index (χ4n) is 3.56. The van der Waals surface area contributed by atoms with Crippen molar-refractivity contribution in [2.75, 3.05) is 59.7 Å². The summed E-state index contributed by atoms with van der Waals surface area (Å²) in [6.45, 7) is 7.14. The Balaban J connectivity index is 0.00000210. The fourth-order valence-corrected chi connectivity index (χ4v) is 3.56. The molecule has 1 aromatic rings. The Morgan fingerprint density at radius 3 is 2.66 bits per heavy atom. The van der Waals surface area contributed by atoms with E-state index < -0.39 is 5.60 Å². The van der Waals surface area contributed by atoms with Gasteiger partial charge in [-0.05, 0) is 43.6 Å². The first-order valence-corrected chi connectivity index (χ1v) is 9.78. The lowest BCUT2D eigenvalue weighted by Crippen LogP contribution is -2.53. The van der Waals surface area contributed by atoms with Crippen LogP contribution in [0.1, 0.15) is 18.4 Å². The zero-order valence-electron chi connectivity index (χ0n) is 17.0. The molecule has 1 aromatic carbocycles. The van der Waals surface area contributed by atoms with E-state index in [1.165, 1.54) is 0 Å². The first-order chi connectivity index (χ1) is 13.2. The van der Waals surface area contributed by atoms with E-state index in [1.807, 2.05) is 24.3 Å². The van der Waals surface area contributed by atoms with E-state index in [9.17, 15) is 4.79 Å². The lowest BCUT2D eigenvalue weighted by molar-refractivity contribution is -0.146. The van der Waals surface area contributed by atoms with Crippen LogP contribution in [0.2, 0.25) is 0 Å². The second kappa shape index (κ2) is 13.3. The number of nitrogens with zero attached hydrogens (tertiary/aromatic N) is 1. The molecule has 0 unspecified atom stereocenters. The molecule has 0 radical (unpaired) electrons. The summed E-state index contributed by atoms with van der Waals surface area (Å²) < 4.78 is 16.8. The van der Waals surface area contributed by atoms with E-state index in [1.54, 1.807) is 7.11 Å². The smallest absolute Gasteiger partial charge is 0.252 e. The number of rotatable bonds is 8. The molecule has 0 spiro atoms. The third kappa shape index (κ3) is 7.59. The molecule has 0 aromatic heterocycles. The third-order valence-electron chi connectivity index (χ3n) is 5.35. The molecule has 1 amide bonds. The van der Waals surface area contributed by atoms with Crippen molar-refractivity contribution in [3.05, 3.63) is 29.8 Å². The van der Waals surface area contributed by atoms with Gasteiger partial charge in [0.05, 0.1) is 13.2 Å². The second-order valence-electron chi connectivity index (χ2n) is 7.08. The predicted octanol–water partition coefficient (Wildman–Crippen LogP) is 1.63. The summed E-state index contributed by atoms with van der Waals surface area (Å²) in [7, 11) is 1.62. The van der Waals surface area contributed by atoms with Gasteiger partial charge in [0, 0.05) is 33.3 Å². The molecule has 0 atom stereocenters. The summed E-state index contributed by atoms with van der Waals surface area (Å²) in [6.07, 6.45) is 1.39. The SMILES string of the molecule is COC1(C(=O)NCc2cccc(OCCN3CCOCC3)c2)CCNCC1.Cl.Cl. The number of hydrogen-bond donors (Lipinski definition) is 2. The monoisotopic (exact) mass is 449 g/mol. The van der Waals surface area contributed by atoms with Crippen LogP contribution in [0.4, 0.5) is 0 Å². The number of ether oxygens (including phenoxy) is 3. The van der Waals surface area contributed by atoms with Gasteiger partial charge in [-0.25, -0.2) is 0 Å². The van der Waals surface area contributed by atoms with E-state index in [4.69, 9.17) is 14.2 Å². The first-order valence-electron chi connectivity index (χ1n) is 9.78. The molecule has 2 saturated heterocycles. The van der Waals surface area contributed by atoms with Crippen LogP contribution in [-0.2, 0) is 20.8 Å². The highest BCUT2D eigenvalue weighted by molar-refractivity contribution is 5.86. The van der Waals surface area contributed by atoms with Crippen molar-refractivity contribution < 1.29 is 19.0 Å². The van der Waals surface area contributed by atoms with Gasteiger partial charge in [0.25, 0.3) is 5.91 Å². The van der Waals surface area contributed by atoms with E-state index in [0.717, 1.165) is 57.3 Å². The van der Waals surface area contributed by atoms with Crippen LogP contribution in [-0.4, -0.2) is 76.1 Å². The Morgan fingerprint density at radius 1 is 1.24 bits per heavy atom. The van der Waals surface area contributed by atoms with Crippen LogP contribution in [0.15, 0.2) is 24.3 Å². The van der Waals surface area contributed by atoms with Crippen molar-refractivity contribution in [3.8, 4) is 5.75 Å². The molecule has 7 nitrogen and oxygen atoms in total. The third-order valence-corrected chi connectivity index (χ3v) is 5.35. The van der Waals surface area contributed by atoms with Crippen molar-refractivity contribution in [2.24, 2.45) is 0 Å². The number of amides is 1. The number of methoxy groups -OCH3 is 1. The van der Waals surface area contributed by atoms with E-state index in [0.29, 0.717) is 26.0 Å². The molecule has 0 aliphatic carbocycles. The molecular weight excluding hydrogens is 417 g/mol. The highest BCUT2D eigenvalue weighted by atomic mass is 35.5. The summed E-state index contributed by atoms with van der Waals surface area (Å²) in [5, 5.41) is 6.29. The molecule has 9 heteroatoms. The maximum atomic E-state index is 12.6. The number of benzene rings is 1. The largest absolute Gasteiger partial charge is 0.492 e. The molecule has 0 saturated carbocycles. The van der Waals surface area contributed by atoms with E-state index >= 15 is 0 Å². The van der Waals surface area contributed by atoms with Crippen molar-refractivity contribution in [2.45, 2.75) is 25.0 Å². The number of morpholine rings is 1. The number of carbonyl (C=O) groups excluding carboxylic acids is 1. The summed E-state index contributed by atoms with van der Waals surface area (Å²) in [4.78, 5) is 15.0. The van der Waals surface area contributed by atoms with Crippen LogP contribution < -0.4 is 15.4 Å². The van der Waals surface area contributed by atoms with Gasteiger partial charge in [-0.1, -0.05) is 12.1 Å². The van der Waals surface area contributed by atoms with Gasteiger partial charge in [-0.2, -0.15) is 0 Å². The van der Waals surface area contributed by atoms with Crippen LogP contribution in [0, 0.1) is 0 Å². The van der Waals surface area contributed by atoms with Gasteiger partial charge < -0.3 is 24.8 Å². The average Bonchev–Trinajstić information content (AvgIpc) is 2.73. The van der Waals surface area contributed by atoms with Crippen molar-refractivity contribution in [1.82, 2.24) is 15.5 Å². The summed E-state index contributed by atoms with van der Waals surface area (Å²) in [5.41, 5.74) is 0.310. The number of halogens is 2. The molecule has 2 heterocycles. The zero-order chi connectivity index (χ0) is 19.0. The summed E-state index contributed by atoms with van der Waals surface area (Å²) >= 11 is 0. The standard InChI is InChI=1S/C20H31N3O4.2ClH/c1-25-20(5-7-21-8-6-20)19(24)22-16-17-3-2-4-18(15-17)27-14-11-23-9-12-26-13-10-23;;/h2-4,15,21H,5-14,16H2,1H3,(H,22,24);2*1H. The van der Waals surface area contributed by atoms with Gasteiger partial charge in [0.1, 0.15) is 18.0 Å². The van der Waals surface area contributed by atoms with Crippen LogP contribution >= 0.6 is 24.8 Å². The minimum absolute atomic E-state index is 0. The van der Waals surface area contributed by atoms with Crippen molar-refractivity contribution in [3.63, 3.8) is 0 Å². The van der Waals surface area contributed by atoms with Crippen LogP contribution in [0.25, 0.3) is 0 Å². The van der Waals surface area contributed by atoms with Gasteiger partial charge in [-0.3, -0.25) is 9.69 Å². The number of carbonyl (C=O) groups is 1. The predicted molar refractivity (Wildman–Crippen MR) is 117 cm³/mol. The number of hydrogen-bond acceptors (Lipinski definition) is 6. The molecular formula is C20H33Cl2N3O4. The maximum Gasteiger partial charge on any atom is 0.252 e. The van der Waals surface area contributed by atoms with Gasteiger partial charge >= 0.3 is 0 Å². The fraction of sp³-hybridized carbons (Fsp3) is 0.650. The molecule has 29 heavy (non-hydrogen) atoms. The first kappa shape index (κ1) is 25.9. The van der Waals surface area contributed by atoms with E-state index in [2.05, 4.69) is 15.5 Å². The minimum Gasteiger partial charge on any atom is -0.492 e. The zero-order valence-corrected chi connectivity index (χ0v) is 18.6. The van der Waals surface area contributed by atoms with Crippen molar-refractivity contribution in [1.29, 1.82) is 0 Å². The molecule has 2 fully saturated rings. The summed E-state index contributed by atoms with van der Waals surface area (Å²) in [5.74, 6) is 0.795. The number of nitrogens with one attached hydrogen (secondary N) is 2. The molecule has 2 aliphatic heterocycles. The molecule has 166 valence electrons. The maximum absolute atomic E-state index is 12.6. The van der Waals surface area contributed by atoms with Crippen molar-refractivity contribution >= 4 is 30.7 Å². The number of piperidine rings is 1. The van der Waals surface area contributed by atoms with E-state index in [-0.39, 0.29) is 30.7 Å². The van der Waals surface area contributed by atoms with Crippen LogP contribution in [0.5, 0.6) is 5.75 Å². The lowest BCUT2D eigenvalue weighted by atomic mass is 9.91. The van der Waals surface area contributed by atoms with Crippen LogP contribution in [0.3, 0.4) is 0 Å². The Labute approximate surface area is 185 Å². The highest BCUT2D eigenvalue weighted by Crippen LogP contribution is 2.23. The Kier molecular flexibility index (Phi) is 11.9. The Morgan fingerprint density at radius 2 is 1.97 bits per heavy atom. The minimum atomic E-state index is -0.711.